The molecule has 0 saturated carbocycles. The van der Waals surface area contributed by atoms with Crippen molar-refractivity contribution in [3.05, 3.63) is 82.3 Å². The van der Waals surface area contributed by atoms with E-state index in [1.807, 2.05) is 54.6 Å². The van der Waals surface area contributed by atoms with Crippen LogP contribution in [0.25, 0.3) is 16.5 Å². The van der Waals surface area contributed by atoms with Crippen molar-refractivity contribution in [2.24, 2.45) is 0 Å². The van der Waals surface area contributed by atoms with E-state index in [-0.39, 0.29) is 12.2 Å². The molecule has 4 rings (SSSR count). The van der Waals surface area contributed by atoms with Gasteiger partial charge in [-0.1, -0.05) is 41.9 Å². The van der Waals surface area contributed by atoms with Crippen LogP contribution in [0.5, 0.6) is 0 Å². The van der Waals surface area contributed by atoms with Crippen LogP contribution in [-0.2, 0) is 4.79 Å². The molecule has 1 unspecified atom stereocenters. The lowest BCUT2D eigenvalue weighted by Crippen LogP contribution is -2.40. The number of thiophene rings is 1. The predicted molar refractivity (Wildman–Crippen MR) is 119 cm³/mol. The smallest absolute Gasteiger partial charge is 0.329 e. The molecule has 8 heteroatoms. The third kappa shape index (κ3) is 4.54. The topological polar surface area (TPSA) is 81.7 Å². The molecule has 2 aromatic carbocycles. The maximum atomic E-state index is 12.6. The highest BCUT2D eigenvalue weighted by Gasteiger charge is 2.34. The van der Waals surface area contributed by atoms with Gasteiger partial charge in [0, 0.05) is 20.5 Å². The normalized spacial score (nSPS) is 16.1. The van der Waals surface area contributed by atoms with Crippen LogP contribution >= 0.6 is 22.9 Å². The lowest BCUT2D eigenvalue weighted by molar-refractivity contribution is -0.123. The van der Waals surface area contributed by atoms with E-state index in [2.05, 4.69) is 10.6 Å². The lowest BCUT2D eigenvalue weighted by atomic mass is 10.2. The molecular formula is C22H18ClN3O3S. The molecule has 1 aliphatic heterocycles. The number of hydrogen-bond acceptors (Lipinski definition) is 5. The van der Waals surface area contributed by atoms with Gasteiger partial charge in [0.1, 0.15) is 11.9 Å². The summed E-state index contributed by atoms with van der Waals surface area (Å²) in [5.41, 5.74) is 1.89. The number of halogens is 1. The van der Waals surface area contributed by atoms with Crippen molar-refractivity contribution >= 4 is 46.6 Å². The zero-order valence-electron chi connectivity index (χ0n) is 15.7. The van der Waals surface area contributed by atoms with Crippen LogP contribution in [0.3, 0.4) is 0 Å². The summed E-state index contributed by atoms with van der Waals surface area (Å²) in [6, 6.07) is 19.8. The van der Waals surface area contributed by atoms with Gasteiger partial charge in [-0.25, -0.2) is 4.79 Å². The number of aliphatic hydroxyl groups is 1. The Morgan fingerprint density at radius 1 is 1.07 bits per heavy atom. The molecule has 1 aliphatic rings. The summed E-state index contributed by atoms with van der Waals surface area (Å²) in [4.78, 5) is 27.7. The maximum Gasteiger partial charge on any atom is 0.329 e. The molecule has 6 nitrogen and oxygen atoms in total. The van der Waals surface area contributed by atoms with Crippen molar-refractivity contribution in [2.45, 2.75) is 6.23 Å². The summed E-state index contributed by atoms with van der Waals surface area (Å²) in [5, 5.41) is 16.3. The van der Waals surface area contributed by atoms with E-state index >= 15 is 0 Å². The highest BCUT2D eigenvalue weighted by Crippen LogP contribution is 2.30. The molecule has 0 aliphatic carbocycles. The number of imide groups is 1. The number of urea groups is 1. The Bertz CT molecular complexity index is 1100. The minimum absolute atomic E-state index is 0.169. The molecule has 3 N–H and O–H groups in total. The van der Waals surface area contributed by atoms with Gasteiger partial charge in [0.2, 0.25) is 0 Å². The van der Waals surface area contributed by atoms with Crippen LogP contribution in [-0.4, -0.2) is 34.7 Å². The Morgan fingerprint density at radius 2 is 1.80 bits per heavy atom. The Kier molecular flexibility index (Phi) is 5.85. The first-order valence-corrected chi connectivity index (χ1v) is 10.4. The molecule has 152 valence electrons. The number of β-amino-alcohol motifs (C(OH)–C–C–N with tert-alkyl or cyclic N) is 1. The average molecular weight is 440 g/mol. The summed E-state index contributed by atoms with van der Waals surface area (Å²) < 4.78 is 0. The van der Waals surface area contributed by atoms with Crippen LogP contribution in [0.2, 0.25) is 5.02 Å². The first kappa shape index (κ1) is 20.2. The van der Waals surface area contributed by atoms with Crippen LogP contribution in [0.15, 0.2) is 72.4 Å². The molecule has 1 fully saturated rings. The molecule has 0 radical (unpaired) electrons. The molecule has 1 saturated heterocycles. The van der Waals surface area contributed by atoms with Crippen molar-refractivity contribution < 1.29 is 14.7 Å². The minimum Gasteiger partial charge on any atom is -0.372 e. The third-order valence-electron chi connectivity index (χ3n) is 4.47. The zero-order chi connectivity index (χ0) is 21.1. The molecular weight excluding hydrogens is 422 g/mol. The number of aliphatic hydroxyl groups excluding tert-OH is 1. The van der Waals surface area contributed by atoms with Gasteiger partial charge in [0.25, 0.3) is 5.91 Å². The number of hydrogen-bond donors (Lipinski definition) is 3. The van der Waals surface area contributed by atoms with E-state index in [0.29, 0.717) is 10.7 Å². The van der Waals surface area contributed by atoms with Crippen molar-refractivity contribution in [1.82, 2.24) is 10.2 Å². The second-order valence-electron chi connectivity index (χ2n) is 6.64. The van der Waals surface area contributed by atoms with Crippen molar-refractivity contribution in [2.75, 3.05) is 11.9 Å². The van der Waals surface area contributed by atoms with Crippen molar-refractivity contribution in [3.8, 4) is 10.4 Å². The SMILES string of the molecule is O=C1NC(=Cc2ccc(-c3ccc(Cl)cc3)s2)C(=O)N1CC(O)Nc1ccccc1. The van der Waals surface area contributed by atoms with E-state index in [1.54, 1.807) is 18.2 Å². The van der Waals surface area contributed by atoms with Gasteiger partial charge in [-0.15, -0.1) is 11.3 Å². The van der Waals surface area contributed by atoms with Gasteiger partial charge in [-0.3, -0.25) is 9.69 Å². The standard InChI is InChI=1S/C22H18ClN3O3S/c23-15-8-6-14(7-9-15)19-11-10-17(30-19)12-18-21(28)26(22(29)25-18)13-20(27)24-16-4-2-1-3-5-16/h1-12,20,24,27H,13H2,(H,25,29). The fourth-order valence-corrected chi connectivity index (χ4v) is 4.11. The fourth-order valence-electron chi connectivity index (χ4n) is 3.02. The molecule has 1 aromatic heterocycles. The second-order valence-corrected chi connectivity index (χ2v) is 8.19. The molecule has 0 spiro atoms. The van der Waals surface area contributed by atoms with E-state index in [9.17, 15) is 14.7 Å². The van der Waals surface area contributed by atoms with Crippen LogP contribution < -0.4 is 10.6 Å². The highest BCUT2D eigenvalue weighted by atomic mass is 35.5. The molecule has 3 amide bonds. The van der Waals surface area contributed by atoms with Crippen LogP contribution in [0.4, 0.5) is 10.5 Å². The summed E-state index contributed by atoms with van der Waals surface area (Å²) in [6.07, 6.45) is 0.557. The van der Waals surface area contributed by atoms with E-state index < -0.39 is 18.2 Å². The predicted octanol–water partition coefficient (Wildman–Crippen LogP) is 4.39. The Labute approximate surface area is 182 Å². The van der Waals surface area contributed by atoms with E-state index in [0.717, 1.165) is 20.2 Å². The lowest BCUT2D eigenvalue weighted by Gasteiger charge is -2.19. The van der Waals surface area contributed by atoms with Crippen molar-refractivity contribution in [1.29, 1.82) is 0 Å². The monoisotopic (exact) mass is 439 g/mol. The minimum atomic E-state index is -1.08. The highest BCUT2D eigenvalue weighted by molar-refractivity contribution is 7.16. The third-order valence-corrected chi connectivity index (χ3v) is 5.80. The van der Waals surface area contributed by atoms with Crippen LogP contribution in [0, 0.1) is 0 Å². The second kappa shape index (κ2) is 8.71. The number of nitrogens with one attached hydrogen (secondary N) is 2. The van der Waals surface area contributed by atoms with Gasteiger partial charge in [-0.05, 0) is 48.0 Å². The summed E-state index contributed by atoms with van der Waals surface area (Å²) >= 11 is 7.43. The largest absolute Gasteiger partial charge is 0.372 e. The molecule has 0 bridgehead atoms. The Hall–Kier alpha value is -3.13. The van der Waals surface area contributed by atoms with Gasteiger partial charge in [-0.2, -0.15) is 0 Å². The summed E-state index contributed by atoms with van der Waals surface area (Å²) in [5.74, 6) is -0.477. The average Bonchev–Trinajstić information content (AvgIpc) is 3.30. The number of para-hydroxylation sites is 1. The van der Waals surface area contributed by atoms with Gasteiger partial charge in [0.05, 0.1) is 6.54 Å². The number of carbonyl (C=O) groups is 2. The summed E-state index contributed by atoms with van der Waals surface area (Å²) in [7, 11) is 0. The Morgan fingerprint density at radius 3 is 2.53 bits per heavy atom. The number of nitrogens with zero attached hydrogens (tertiary/aromatic N) is 1. The quantitative estimate of drug-likeness (QED) is 0.302. The first-order chi connectivity index (χ1) is 14.5. The summed E-state index contributed by atoms with van der Waals surface area (Å²) in [6.45, 7) is -0.169. The molecule has 3 aromatic rings. The first-order valence-electron chi connectivity index (χ1n) is 9.19. The van der Waals surface area contributed by atoms with E-state index in [4.69, 9.17) is 11.6 Å². The molecule has 2 heterocycles. The van der Waals surface area contributed by atoms with E-state index in [1.165, 1.54) is 11.3 Å². The number of amides is 3. The Balaban J connectivity index is 1.44. The maximum absolute atomic E-state index is 12.6. The number of rotatable bonds is 6. The van der Waals surface area contributed by atoms with Gasteiger partial charge >= 0.3 is 6.03 Å². The number of benzene rings is 2. The van der Waals surface area contributed by atoms with Gasteiger partial charge in [0.15, 0.2) is 0 Å². The van der Waals surface area contributed by atoms with Crippen molar-refractivity contribution in [3.63, 3.8) is 0 Å². The fraction of sp³-hybridized carbons (Fsp3) is 0.0909. The number of carbonyl (C=O) groups excluding carboxylic acids is 2. The molecule has 1 atom stereocenters. The number of anilines is 1. The zero-order valence-corrected chi connectivity index (χ0v) is 17.3. The molecule has 30 heavy (non-hydrogen) atoms. The van der Waals surface area contributed by atoms with Crippen LogP contribution in [0.1, 0.15) is 4.88 Å². The van der Waals surface area contributed by atoms with Gasteiger partial charge < -0.3 is 15.7 Å².